The fourth-order valence-electron chi connectivity index (χ4n) is 15.7. The highest BCUT2D eigenvalue weighted by Gasteiger charge is 2.75. The zero-order valence-corrected chi connectivity index (χ0v) is 63.8. The van der Waals surface area contributed by atoms with Crippen LogP contribution in [0.4, 0.5) is 4.39 Å². The van der Waals surface area contributed by atoms with E-state index in [1.165, 1.54) is 39.2 Å². The molecule has 1 unspecified atom stereocenters. The van der Waals surface area contributed by atoms with E-state index in [1.807, 2.05) is 0 Å². The summed E-state index contributed by atoms with van der Waals surface area (Å²) in [5.41, 5.74) is 17.5. The Morgan fingerprint density at radius 1 is 0.731 bits per heavy atom. The summed E-state index contributed by atoms with van der Waals surface area (Å²) >= 11 is 0. The molecule has 20 atom stereocenters. The van der Waals surface area contributed by atoms with Gasteiger partial charge in [0, 0.05) is 29.7 Å². The number of nitrogens with zero attached hydrogens (tertiary/aromatic N) is 1. The summed E-state index contributed by atoms with van der Waals surface area (Å²) in [6.45, 7) is 6.98. The van der Waals surface area contributed by atoms with Gasteiger partial charge in [0.1, 0.15) is 79.7 Å². The number of aliphatic hydroxyl groups is 4. The van der Waals surface area contributed by atoms with E-state index in [2.05, 4.69) is 53.2 Å². The number of hydrogen-bond donors (Lipinski definition) is 19. The van der Waals surface area contributed by atoms with Crippen LogP contribution in [0.1, 0.15) is 118 Å². The molecule has 0 aromatic heterocycles. The molecule has 4 aliphatic carbocycles. The first-order valence-corrected chi connectivity index (χ1v) is 38.3. The van der Waals surface area contributed by atoms with Crippen molar-refractivity contribution in [2.75, 3.05) is 73.1 Å². The molecule has 1 aliphatic heterocycles. The number of fused-ring (bicyclic) bond motifs is 5. The number of phosphoric acid groups is 1. The highest BCUT2D eigenvalue weighted by molar-refractivity contribution is 7.47. The molecule has 1 saturated heterocycles. The third-order valence-electron chi connectivity index (χ3n) is 21.6. The molecule has 0 radical (unpaired) electrons. The number of hydrogen-bond acceptors (Lipinski definition) is 23. The molecule has 23 N–H and O–H groups in total. The van der Waals surface area contributed by atoms with Gasteiger partial charge in [0.2, 0.25) is 53.2 Å². The zero-order chi connectivity index (χ0) is 80.6. The summed E-state index contributed by atoms with van der Waals surface area (Å²) in [6.07, 6.45) is -2.03. The Morgan fingerprint density at radius 3 is 1.85 bits per heavy atom. The van der Waals surface area contributed by atoms with E-state index in [0.29, 0.717) is 17.6 Å². The molecule has 37 heteroatoms. The molecular weight excluding hydrogens is 1430 g/mol. The van der Waals surface area contributed by atoms with Gasteiger partial charge in [-0.2, -0.15) is 0 Å². The van der Waals surface area contributed by atoms with Gasteiger partial charge >= 0.3 is 7.82 Å². The topological polar surface area (TPSA) is 566 Å². The van der Waals surface area contributed by atoms with Crippen molar-refractivity contribution in [3.63, 3.8) is 0 Å². The first kappa shape index (κ1) is 89.3. The number of aliphatic hydroxyl groups excluding tert-OH is 3. The Morgan fingerprint density at radius 2 is 1.29 bits per heavy atom. The molecule has 4 fully saturated rings. The quantitative estimate of drug-likeness (QED) is 0.0265. The van der Waals surface area contributed by atoms with Crippen LogP contribution >= 0.6 is 7.82 Å². The third kappa shape index (κ3) is 21.7. The van der Waals surface area contributed by atoms with Crippen LogP contribution in [-0.4, -0.2) is 258 Å². The second-order valence-corrected chi connectivity index (χ2v) is 32.1. The minimum Gasteiger partial charge on any atom is -0.391 e. The van der Waals surface area contributed by atoms with E-state index in [4.69, 9.17) is 32.0 Å². The Bertz CT molecular complexity index is 3540. The predicted octanol–water partition coefficient (Wildman–Crippen LogP) is -4.56. The average molecular weight is 1550 g/mol. The average Bonchev–Trinajstić information content (AvgIpc) is 1.41. The number of nitrogens with two attached hydrogens (primary N) is 4. The highest BCUT2D eigenvalue weighted by atomic mass is 31.2. The number of ketones is 2. The number of carbonyl (C=O) groups excluding carboxylic acids is 12. The lowest BCUT2D eigenvalue weighted by molar-refractivity contribution is -0.882. The summed E-state index contributed by atoms with van der Waals surface area (Å²) < 4.78 is 41.1. The first-order chi connectivity index (χ1) is 50.6. The monoisotopic (exact) mass is 1550 g/mol. The number of nitrogens with one attached hydrogen (secondary N) is 10. The molecule has 3 saturated carbocycles. The van der Waals surface area contributed by atoms with Crippen molar-refractivity contribution in [1.29, 1.82) is 0 Å². The SMILES string of the molecule is CC(C)C[C@@H]1NC(=O)[C@@H](Cc2ccccc2)NC(=O)[C@H](CCN)NC(=O)[C@@H](NC(=O)[C@H](CCN)NC(=O)[C@@H](NC(=O)C[N+](C)(C)CCOP(=O)(O)OCC(=O)[C@@]2(O)[C@H](C)C[C@H]3[C@@H]4CCC5=CC(=O)C=C[C@]5(C)[C@@]4(F)[C@@H](O)C[C@@]32C)[C@@H](C)O)CCNC(=O)[C@H]([C@@H](C)O)NC(=O)[C@H](CCN)NC(=O)[C@H](CCN)NC1=O. The van der Waals surface area contributed by atoms with E-state index >= 15 is 4.39 Å². The molecular formula is C71H114FN15O20P+. The predicted molar refractivity (Wildman–Crippen MR) is 389 cm³/mol. The van der Waals surface area contributed by atoms with Crippen molar-refractivity contribution in [2.45, 2.75) is 203 Å². The largest absolute Gasteiger partial charge is 0.472 e. The van der Waals surface area contributed by atoms with Gasteiger partial charge in [-0.25, -0.2) is 8.96 Å². The number of rotatable bonds is 29. The standard InChI is InChI=1S/C71H113FN15O20P/c1-38(2)31-52-64(99)80-47(18-24-73)59(94)79-50(21-27-76)63(98)86-57(40(4)88)66(101)77-28-22-51(62(97)78-48(19-25-74)61(96)84-53(65(100)83-52)33-42-13-11-10-12-14-42)81-60(95)49(20-26-75)82-67(102)58(41(5)89)85-56(93)36-87(8,9)29-30-106-108(104,105)107-37-55(92)71(103)39(3)32-46-45-16-15-43-34-44(90)17-23-68(43,6)70(45,72)54(91)35-69(46,71)7/h10-14,17,23,34,38-41,45-54,57-58,88-89,91,103H,15-16,18-22,24-33,35-37,73-76H2,1-9H3,(H10-,77,78,79,80,81,82,83,84,85,86,93,94,95,96,97,98,99,100,101,102,104,105)/p+1/t39-,40-,41-,45+,46+,47+,48+,49+,50+,51+,52+,53-,54+,57+,58+,68+,69+,70+,71+/m1/s1. The summed E-state index contributed by atoms with van der Waals surface area (Å²) in [5, 5.41) is 71.2. The van der Waals surface area contributed by atoms with E-state index < -0.39 is 218 Å². The number of quaternary nitrogens is 1. The zero-order valence-electron chi connectivity index (χ0n) is 62.9. The minimum atomic E-state index is -5.09. The number of allylic oxidation sites excluding steroid dienone is 4. The summed E-state index contributed by atoms with van der Waals surface area (Å²) in [4.78, 5) is 179. The molecule has 108 heavy (non-hydrogen) atoms. The van der Waals surface area contributed by atoms with Crippen LogP contribution < -0.4 is 76.1 Å². The lowest BCUT2D eigenvalue weighted by atomic mass is 9.44. The molecule has 1 aromatic carbocycles. The van der Waals surface area contributed by atoms with Crippen LogP contribution in [0.3, 0.4) is 0 Å². The number of halogens is 1. The van der Waals surface area contributed by atoms with Crippen molar-refractivity contribution in [2.24, 2.45) is 57.4 Å². The number of carbonyl (C=O) groups is 12. The molecule has 5 aliphatic rings. The van der Waals surface area contributed by atoms with Crippen molar-refractivity contribution >= 4 is 78.5 Å². The Labute approximate surface area is 627 Å². The van der Waals surface area contributed by atoms with E-state index in [9.17, 15) is 87.4 Å². The van der Waals surface area contributed by atoms with Gasteiger partial charge in [0.25, 0.3) is 5.91 Å². The number of amides is 10. The molecule has 0 spiro atoms. The Kier molecular flexibility index (Phi) is 31.7. The summed E-state index contributed by atoms with van der Waals surface area (Å²) in [6, 6.07) is -5.63. The van der Waals surface area contributed by atoms with Crippen molar-refractivity contribution in [3.05, 3.63) is 59.7 Å². The van der Waals surface area contributed by atoms with E-state index in [-0.39, 0.29) is 107 Å². The van der Waals surface area contributed by atoms with Crippen molar-refractivity contribution < 1.29 is 105 Å². The van der Waals surface area contributed by atoms with Crippen molar-refractivity contribution in [1.82, 2.24) is 53.2 Å². The smallest absolute Gasteiger partial charge is 0.391 e. The normalized spacial score (nSPS) is 31.5. The lowest BCUT2D eigenvalue weighted by Gasteiger charge is -2.62. The van der Waals surface area contributed by atoms with Gasteiger partial charge in [0.05, 0.1) is 32.4 Å². The number of phosphoric ester groups is 1. The Hall–Kier alpha value is -7.58. The lowest BCUT2D eigenvalue weighted by Crippen LogP contribution is -2.69. The molecule has 604 valence electrons. The van der Waals surface area contributed by atoms with Crippen molar-refractivity contribution in [3.8, 4) is 0 Å². The molecule has 1 heterocycles. The molecule has 6 rings (SSSR count). The number of benzene rings is 1. The molecule has 0 bridgehead atoms. The maximum Gasteiger partial charge on any atom is 0.472 e. The maximum absolute atomic E-state index is 17.7. The molecule has 35 nitrogen and oxygen atoms in total. The van der Waals surface area contributed by atoms with E-state index in [0.717, 1.165) is 6.92 Å². The van der Waals surface area contributed by atoms with Crippen LogP contribution in [0.15, 0.2) is 54.1 Å². The Balaban J connectivity index is 1.15. The number of likely N-dealkylation sites (N-methyl/N-ethyl adjacent to an activating group) is 1. The van der Waals surface area contributed by atoms with Crippen LogP contribution in [-0.2, 0) is 77.6 Å². The second kappa shape index (κ2) is 38.4. The summed E-state index contributed by atoms with van der Waals surface area (Å²) in [5.74, 6) is -13.5. The molecule has 1 aromatic rings. The maximum atomic E-state index is 17.7. The van der Waals surface area contributed by atoms with Gasteiger partial charge in [-0.3, -0.25) is 66.6 Å². The van der Waals surface area contributed by atoms with Gasteiger partial charge in [-0.05, 0) is 147 Å². The van der Waals surface area contributed by atoms with Crippen LogP contribution in [0.5, 0.6) is 0 Å². The number of alkyl halides is 1. The van der Waals surface area contributed by atoms with Crippen LogP contribution in [0, 0.1) is 34.5 Å². The van der Waals surface area contributed by atoms with Gasteiger partial charge in [-0.15, -0.1) is 0 Å². The minimum absolute atomic E-state index is 0.0148. The molecule has 10 amide bonds. The number of Topliss-reactive ketones (excluding diaryl/α,β-unsaturated/α-hetero) is 1. The summed E-state index contributed by atoms with van der Waals surface area (Å²) in [7, 11) is -2.09. The highest BCUT2D eigenvalue weighted by Crippen LogP contribution is 2.71. The third-order valence-corrected chi connectivity index (χ3v) is 22.6. The second-order valence-electron chi connectivity index (χ2n) is 30.6. The van der Waals surface area contributed by atoms with Gasteiger partial charge in [0.15, 0.2) is 23.8 Å². The van der Waals surface area contributed by atoms with Crippen LogP contribution in [0.25, 0.3) is 0 Å². The fraction of sp³-hybridized carbons (Fsp3) is 0.690. The first-order valence-electron chi connectivity index (χ1n) is 36.8. The fourth-order valence-corrected chi connectivity index (χ4v) is 16.4. The van der Waals surface area contributed by atoms with Crippen LogP contribution in [0.2, 0.25) is 0 Å². The van der Waals surface area contributed by atoms with Gasteiger partial charge in [-0.1, -0.05) is 69.7 Å². The van der Waals surface area contributed by atoms with E-state index in [1.54, 1.807) is 65.0 Å². The van der Waals surface area contributed by atoms with Gasteiger partial charge < -0.3 is 106 Å².